The molecule has 0 atom stereocenters. The summed E-state index contributed by atoms with van der Waals surface area (Å²) in [5.74, 6) is -0.516. The summed E-state index contributed by atoms with van der Waals surface area (Å²) in [4.78, 5) is 11.4. The van der Waals surface area contributed by atoms with E-state index in [1.807, 2.05) is 13.0 Å². The first-order valence-electron chi connectivity index (χ1n) is 4.44. The molecule has 0 spiro atoms. The molecule has 0 saturated carbocycles. The molecule has 0 amide bonds. The fourth-order valence-corrected chi connectivity index (χ4v) is 1.56. The van der Waals surface area contributed by atoms with Gasteiger partial charge in [0.15, 0.2) is 0 Å². The van der Waals surface area contributed by atoms with Crippen LogP contribution in [0.25, 0.3) is 0 Å². The lowest BCUT2D eigenvalue weighted by molar-refractivity contribution is 0.0600. The molecular formula is C11H10ClNO2. The van der Waals surface area contributed by atoms with Gasteiger partial charge in [-0.25, -0.2) is 4.79 Å². The molecule has 0 saturated heterocycles. The molecule has 1 aromatic carbocycles. The number of hydrogen-bond donors (Lipinski definition) is 0. The van der Waals surface area contributed by atoms with Crippen molar-refractivity contribution >= 4 is 17.6 Å². The van der Waals surface area contributed by atoms with Crippen LogP contribution in [0, 0.1) is 11.3 Å². The van der Waals surface area contributed by atoms with Gasteiger partial charge in [-0.15, -0.1) is 0 Å². The molecule has 78 valence electrons. The highest BCUT2D eigenvalue weighted by molar-refractivity contribution is 6.31. The molecule has 1 aromatic rings. The molecule has 0 aliphatic heterocycles. The van der Waals surface area contributed by atoms with Gasteiger partial charge in [-0.05, 0) is 24.1 Å². The van der Waals surface area contributed by atoms with Crippen LogP contribution in [0.5, 0.6) is 0 Å². The van der Waals surface area contributed by atoms with Crippen molar-refractivity contribution < 1.29 is 9.53 Å². The number of carbonyl (C=O) groups is 1. The largest absolute Gasteiger partial charge is 0.465 e. The van der Waals surface area contributed by atoms with Crippen LogP contribution in [-0.2, 0) is 11.2 Å². The number of hydrogen-bond acceptors (Lipinski definition) is 3. The average molecular weight is 224 g/mol. The fourth-order valence-electron chi connectivity index (χ4n) is 1.26. The second kappa shape index (κ2) is 4.81. The predicted octanol–water partition coefficient (Wildman–Crippen LogP) is 2.56. The van der Waals surface area contributed by atoms with E-state index in [2.05, 4.69) is 4.74 Å². The van der Waals surface area contributed by atoms with Gasteiger partial charge in [-0.1, -0.05) is 18.5 Å². The first-order chi connectivity index (χ1) is 7.13. The summed E-state index contributed by atoms with van der Waals surface area (Å²) >= 11 is 5.92. The van der Waals surface area contributed by atoms with Gasteiger partial charge in [-0.2, -0.15) is 5.26 Å². The number of ether oxygens (including phenoxy) is 1. The maximum absolute atomic E-state index is 11.4. The van der Waals surface area contributed by atoms with E-state index in [9.17, 15) is 4.79 Å². The smallest absolute Gasteiger partial charge is 0.339 e. The van der Waals surface area contributed by atoms with Crippen LogP contribution in [-0.4, -0.2) is 13.1 Å². The Morgan fingerprint density at radius 1 is 1.60 bits per heavy atom. The van der Waals surface area contributed by atoms with E-state index >= 15 is 0 Å². The Bertz CT molecular complexity index is 435. The van der Waals surface area contributed by atoms with Gasteiger partial charge < -0.3 is 4.74 Å². The van der Waals surface area contributed by atoms with Gasteiger partial charge in [0.2, 0.25) is 0 Å². The Morgan fingerprint density at radius 2 is 2.27 bits per heavy atom. The van der Waals surface area contributed by atoms with Crippen molar-refractivity contribution in [3.05, 3.63) is 33.8 Å². The number of nitriles is 1. The van der Waals surface area contributed by atoms with E-state index in [-0.39, 0.29) is 11.1 Å². The molecule has 3 nitrogen and oxygen atoms in total. The van der Waals surface area contributed by atoms with Gasteiger partial charge in [-0.3, -0.25) is 0 Å². The predicted molar refractivity (Wildman–Crippen MR) is 56.9 cm³/mol. The lowest BCUT2D eigenvalue weighted by Crippen LogP contribution is -2.05. The Kier molecular flexibility index (Phi) is 3.70. The van der Waals surface area contributed by atoms with E-state index in [0.29, 0.717) is 11.4 Å². The Labute approximate surface area is 93.2 Å². The van der Waals surface area contributed by atoms with Gasteiger partial charge in [0.1, 0.15) is 6.07 Å². The van der Waals surface area contributed by atoms with Crippen LogP contribution in [0.1, 0.15) is 28.4 Å². The number of esters is 1. The van der Waals surface area contributed by atoms with Crippen LogP contribution in [0.2, 0.25) is 5.02 Å². The Morgan fingerprint density at radius 3 is 2.73 bits per heavy atom. The van der Waals surface area contributed by atoms with Gasteiger partial charge in [0.05, 0.1) is 18.2 Å². The SMILES string of the molecule is CCc1cc(C(=O)OC)c(C#N)cc1Cl. The summed E-state index contributed by atoms with van der Waals surface area (Å²) in [6.45, 7) is 1.92. The summed E-state index contributed by atoms with van der Waals surface area (Å²) < 4.78 is 4.58. The van der Waals surface area contributed by atoms with E-state index in [1.54, 1.807) is 6.07 Å². The van der Waals surface area contributed by atoms with Gasteiger partial charge in [0.25, 0.3) is 0 Å². The highest BCUT2D eigenvalue weighted by Gasteiger charge is 2.14. The second-order valence-electron chi connectivity index (χ2n) is 2.95. The minimum absolute atomic E-state index is 0.240. The number of nitrogens with zero attached hydrogens (tertiary/aromatic N) is 1. The highest BCUT2D eigenvalue weighted by Crippen LogP contribution is 2.22. The minimum atomic E-state index is -0.516. The molecule has 0 aliphatic rings. The molecular weight excluding hydrogens is 214 g/mol. The van der Waals surface area contributed by atoms with Crippen molar-refractivity contribution in [1.29, 1.82) is 5.26 Å². The maximum atomic E-state index is 11.4. The molecule has 0 fully saturated rings. The van der Waals surface area contributed by atoms with Crippen LogP contribution < -0.4 is 0 Å². The number of rotatable bonds is 2. The van der Waals surface area contributed by atoms with Crippen molar-refractivity contribution in [2.45, 2.75) is 13.3 Å². The number of aryl methyl sites for hydroxylation is 1. The number of benzene rings is 1. The van der Waals surface area contributed by atoms with Crippen LogP contribution in [0.4, 0.5) is 0 Å². The monoisotopic (exact) mass is 223 g/mol. The topological polar surface area (TPSA) is 50.1 Å². The molecule has 0 heterocycles. The van der Waals surface area contributed by atoms with Crippen LogP contribution >= 0.6 is 11.6 Å². The molecule has 15 heavy (non-hydrogen) atoms. The highest BCUT2D eigenvalue weighted by atomic mass is 35.5. The van der Waals surface area contributed by atoms with Crippen molar-refractivity contribution in [2.75, 3.05) is 7.11 Å². The zero-order valence-electron chi connectivity index (χ0n) is 8.50. The van der Waals surface area contributed by atoms with Crippen molar-refractivity contribution in [2.24, 2.45) is 0 Å². The maximum Gasteiger partial charge on any atom is 0.339 e. The third kappa shape index (κ3) is 2.28. The van der Waals surface area contributed by atoms with Crippen molar-refractivity contribution in [1.82, 2.24) is 0 Å². The first kappa shape index (κ1) is 11.5. The molecule has 4 heteroatoms. The quantitative estimate of drug-likeness (QED) is 0.724. The molecule has 0 aromatic heterocycles. The molecule has 0 radical (unpaired) electrons. The summed E-state index contributed by atoms with van der Waals surface area (Å²) in [6, 6.07) is 5.01. The summed E-state index contributed by atoms with van der Waals surface area (Å²) in [7, 11) is 1.28. The second-order valence-corrected chi connectivity index (χ2v) is 3.35. The van der Waals surface area contributed by atoms with E-state index in [4.69, 9.17) is 16.9 Å². The molecule has 0 aliphatic carbocycles. The summed E-state index contributed by atoms with van der Waals surface area (Å²) in [5, 5.41) is 9.34. The van der Waals surface area contributed by atoms with Gasteiger partial charge in [0, 0.05) is 5.02 Å². The first-order valence-corrected chi connectivity index (χ1v) is 4.82. The molecule has 0 bridgehead atoms. The number of halogens is 1. The summed E-state index contributed by atoms with van der Waals surface area (Å²) in [6.07, 6.45) is 0.703. The van der Waals surface area contributed by atoms with Gasteiger partial charge >= 0.3 is 5.97 Å². The zero-order chi connectivity index (χ0) is 11.4. The number of carbonyl (C=O) groups excluding carboxylic acids is 1. The normalized spacial score (nSPS) is 9.47. The lowest BCUT2D eigenvalue weighted by Gasteiger charge is -2.06. The zero-order valence-corrected chi connectivity index (χ0v) is 9.26. The average Bonchev–Trinajstić information content (AvgIpc) is 2.27. The molecule has 1 rings (SSSR count). The third-order valence-corrected chi connectivity index (χ3v) is 2.45. The summed E-state index contributed by atoms with van der Waals surface area (Å²) in [5.41, 5.74) is 1.33. The van der Waals surface area contributed by atoms with Crippen LogP contribution in [0.15, 0.2) is 12.1 Å². The van der Waals surface area contributed by atoms with Crippen LogP contribution in [0.3, 0.4) is 0 Å². The fraction of sp³-hybridized carbons (Fsp3) is 0.273. The number of methoxy groups -OCH3 is 1. The van der Waals surface area contributed by atoms with Crippen molar-refractivity contribution in [3.63, 3.8) is 0 Å². The Balaban J connectivity index is 3.37. The minimum Gasteiger partial charge on any atom is -0.465 e. The van der Waals surface area contributed by atoms with Crippen molar-refractivity contribution in [3.8, 4) is 6.07 Å². The molecule has 0 N–H and O–H groups in total. The van der Waals surface area contributed by atoms with E-state index in [1.165, 1.54) is 13.2 Å². The van der Waals surface area contributed by atoms with E-state index < -0.39 is 5.97 Å². The molecule has 0 unspecified atom stereocenters. The van der Waals surface area contributed by atoms with E-state index in [0.717, 1.165) is 5.56 Å². The Hall–Kier alpha value is -1.53. The third-order valence-electron chi connectivity index (χ3n) is 2.09. The standard InChI is InChI=1S/C11H10ClNO2/c1-3-7-4-9(11(14)15-2)8(6-13)5-10(7)12/h4-5H,3H2,1-2H3. The lowest BCUT2D eigenvalue weighted by atomic mass is 10.0.